The summed E-state index contributed by atoms with van der Waals surface area (Å²) in [7, 11) is -3.53. The second-order valence-electron chi connectivity index (χ2n) is 8.47. The second kappa shape index (κ2) is 7.98. The molecule has 1 saturated carbocycles. The molecule has 6 nitrogen and oxygen atoms in total. The molecule has 0 bridgehead atoms. The van der Waals surface area contributed by atoms with Crippen LogP contribution in [0.2, 0.25) is 0 Å². The third-order valence-electron chi connectivity index (χ3n) is 6.50. The Labute approximate surface area is 188 Å². The molecular formula is C25H27N3O3S. The molecule has 2 heterocycles. The lowest BCUT2D eigenvalue weighted by molar-refractivity contribution is 0.0991. The number of rotatable bonds is 6. The summed E-state index contributed by atoms with van der Waals surface area (Å²) in [5.41, 5.74) is 4.20. The van der Waals surface area contributed by atoms with Crippen LogP contribution in [0.15, 0.2) is 53.4 Å². The van der Waals surface area contributed by atoms with E-state index in [1.807, 2.05) is 44.2 Å². The van der Waals surface area contributed by atoms with Crippen LogP contribution in [-0.2, 0) is 16.4 Å². The van der Waals surface area contributed by atoms with Crippen LogP contribution < -0.4 is 4.90 Å². The molecule has 1 aliphatic carbocycles. The lowest BCUT2D eigenvalue weighted by atomic mass is 10.0. The van der Waals surface area contributed by atoms with Gasteiger partial charge in [-0.05, 0) is 55.2 Å². The van der Waals surface area contributed by atoms with Crippen molar-refractivity contribution < 1.29 is 13.2 Å². The SMILES string of the molecule is CCN(CC)S(=O)(=O)c1ccc2c(c1)CCN2C(=O)c1cc(C2CC2)nc2ccccc12. The zero-order chi connectivity index (χ0) is 22.5. The first kappa shape index (κ1) is 21.1. The van der Waals surface area contributed by atoms with Crippen LogP contribution in [0.1, 0.15) is 54.2 Å². The summed E-state index contributed by atoms with van der Waals surface area (Å²) < 4.78 is 27.3. The minimum absolute atomic E-state index is 0.0522. The van der Waals surface area contributed by atoms with Gasteiger partial charge in [0, 0.05) is 42.3 Å². The van der Waals surface area contributed by atoms with E-state index in [1.54, 1.807) is 23.1 Å². The predicted molar refractivity (Wildman–Crippen MR) is 126 cm³/mol. The standard InChI is InChI=1S/C25H27N3O3S/c1-3-27(4-2)32(30,31)19-11-12-24-18(15-19)13-14-28(24)25(29)21-16-23(17-9-10-17)26-22-8-6-5-7-20(21)22/h5-8,11-12,15-17H,3-4,9-10,13-14H2,1-2H3. The maximum atomic E-state index is 13.7. The number of pyridine rings is 1. The van der Waals surface area contributed by atoms with Gasteiger partial charge in [-0.15, -0.1) is 0 Å². The molecule has 2 aliphatic rings. The van der Waals surface area contributed by atoms with Crippen molar-refractivity contribution in [1.29, 1.82) is 0 Å². The number of nitrogens with zero attached hydrogens (tertiary/aromatic N) is 3. The summed E-state index contributed by atoms with van der Waals surface area (Å²) in [5, 5.41) is 0.857. The van der Waals surface area contributed by atoms with Gasteiger partial charge in [0.1, 0.15) is 0 Å². The molecule has 32 heavy (non-hydrogen) atoms. The molecule has 1 fully saturated rings. The van der Waals surface area contributed by atoms with E-state index in [0.717, 1.165) is 40.7 Å². The highest BCUT2D eigenvalue weighted by atomic mass is 32.2. The highest BCUT2D eigenvalue weighted by molar-refractivity contribution is 7.89. The fourth-order valence-electron chi connectivity index (χ4n) is 4.57. The molecule has 5 rings (SSSR count). The Kier molecular flexibility index (Phi) is 5.26. The first-order valence-electron chi connectivity index (χ1n) is 11.3. The second-order valence-corrected chi connectivity index (χ2v) is 10.4. The van der Waals surface area contributed by atoms with Gasteiger partial charge >= 0.3 is 0 Å². The van der Waals surface area contributed by atoms with Crippen molar-refractivity contribution in [3.05, 3.63) is 65.4 Å². The molecule has 3 aromatic rings. The van der Waals surface area contributed by atoms with E-state index < -0.39 is 10.0 Å². The Bertz CT molecular complexity index is 1310. The van der Waals surface area contributed by atoms with Gasteiger partial charge in [0.05, 0.1) is 16.0 Å². The number of aromatic nitrogens is 1. The van der Waals surface area contributed by atoms with Crippen molar-refractivity contribution >= 4 is 32.5 Å². The number of anilines is 1. The van der Waals surface area contributed by atoms with Crippen LogP contribution in [0.3, 0.4) is 0 Å². The van der Waals surface area contributed by atoms with E-state index in [4.69, 9.17) is 4.98 Å². The van der Waals surface area contributed by atoms with Crippen LogP contribution in [-0.4, -0.2) is 43.2 Å². The predicted octanol–water partition coefficient (Wildman–Crippen LogP) is 4.35. The Morgan fingerprint density at radius 1 is 1.09 bits per heavy atom. The fourth-order valence-corrected chi connectivity index (χ4v) is 6.08. The maximum absolute atomic E-state index is 13.7. The molecule has 7 heteroatoms. The largest absolute Gasteiger partial charge is 0.308 e. The van der Waals surface area contributed by atoms with Gasteiger partial charge in [-0.2, -0.15) is 4.31 Å². The highest BCUT2D eigenvalue weighted by Crippen LogP contribution is 2.41. The van der Waals surface area contributed by atoms with Crippen molar-refractivity contribution in [1.82, 2.24) is 9.29 Å². The van der Waals surface area contributed by atoms with Crippen LogP contribution in [0.25, 0.3) is 10.9 Å². The monoisotopic (exact) mass is 449 g/mol. The number of sulfonamides is 1. The summed E-state index contributed by atoms with van der Waals surface area (Å²) in [5.74, 6) is 0.397. The third-order valence-corrected chi connectivity index (χ3v) is 8.54. The van der Waals surface area contributed by atoms with E-state index in [1.165, 1.54) is 4.31 Å². The van der Waals surface area contributed by atoms with Crippen LogP contribution in [0.4, 0.5) is 5.69 Å². The van der Waals surface area contributed by atoms with Crippen molar-refractivity contribution in [2.24, 2.45) is 0 Å². The third kappa shape index (κ3) is 3.49. The Morgan fingerprint density at radius 3 is 2.56 bits per heavy atom. The van der Waals surface area contributed by atoms with Crippen molar-refractivity contribution in [3.63, 3.8) is 0 Å². The van der Waals surface area contributed by atoms with Crippen LogP contribution in [0, 0.1) is 0 Å². The molecule has 0 unspecified atom stereocenters. The number of hydrogen-bond acceptors (Lipinski definition) is 4. The molecule has 0 spiro atoms. The molecule has 166 valence electrons. The Balaban J connectivity index is 1.52. The van der Waals surface area contributed by atoms with E-state index in [0.29, 0.717) is 42.4 Å². The molecule has 0 saturated heterocycles. The number of carbonyl (C=O) groups is 1. The van der Waals surface area contributed by atoms with E-state index >= 15 is 0 Å². The zero-order valence-corrected chi connectivity index (χ0v) is 19.2. The van der Waals surface area contributed by atoms with Crippen molar-refractivity contribution in [3.8, 4) is 0 Å². The molecule has 0 radical (unpaired) electrons. The highest BCUT2D eigenvalue weighted by Gasteiger charge is 2.31. The average Bonchev–Trinajstić information content (AvgIpc) is 3.57. The normalized spacial score (nSPS) is 16.0. The maximum Gasteiger partial charge on any atom is 0.259 e. The first-order valence-corrected chi connectivity index (χ1v) is 12.7. The topological polar surface area (TPSA) is 70.6 Å². The van der Waals surface area contributed by atoms with Gasteiger partial charge < -0.3 is 4.90 Å². The molecule has 1 aromatic heterocycles. The number of fused-ring (bicyclic) bond motifs is 2. The van der Waals surface area contributed by atoms with Gasteiger partial charge in [-0.1, -0.05) is 32.0 Å². The zero-order valence-electron chi connectivity index (χ0n) is 18.4. The Hall–Kier alpha value is -2.77. The van der Waals surface area contributed by atoms with Crippen LogP contribution in [0.5, 0.6) is 0 Å². The van der Waals surface area contributed by atoms with Crippen molar-refractivity contribution in [2.75, 3.05) is 24.5 Å². The van der Waals surface area contributed by atoms with Gasteiger partial charge in [0.2, 0.25) is 10.0 Å². The average molecular weight is 450 g/mol. The smallest absolute Gasteiger partial charge is 0.259 e. The molecule has 1 amide bonds. The molecule has 0 atom stereocenters. The molecule has 0 N–H and O–H groups in total. The summed E-state index contributed by atoms with van der Waals surface area (Å²) in [6.45, 7) is 5.07. The summed E-state index contributed by atoms with van der Waals surface area (Å²) >= 11 is 0. The van der Waals surface area contributed by atoms with E-state index in [2.05, 4.69) is 0 Å². The van der Waals surface area contributed by atoms with E-state index in [9.17, 15) is 13.2 Å². The molecular weight excluding hydrogens is 422 g/mol. The minimum atomic E-state index is -3.53. The van der Waals surface area contributed by atoms with Gasteiger partial charge in [-0.3, -0.25) is 9.78 Å². The number of amides is 1. The summed E-state index contributed by atoms with van der Waals surface area (Å²) in [4.78, 5) is 20.5. The van der Waals surface area contributed by atoms with Gasteiger partial charge in [-0.25, -0.2) is 8.42 Å². The molecule has 1 aliphatic heterocycles. The van der Waals surface area contributed by atoms with Gasteiger partial charge in [0.15, 0.2) is 0 Å². The summed E-state index contributed by atoms with van der Waals surface area (Å²) in [6.07, 6.45) is 2.88. The lowest BCUT2D eigenvalue weighted by Crippen LogP contribution is -2.31. The Morgan fingerprint density at radius 2 is 1.84 bits per heavy atom. The molecule has 2 aromatic carbocycles. The number of benzene rings is 2. The minimum Gasteiger partial charge on any atom is -0.308 e. The number of carbonyl (C=O) groups excluding carboxylic acids is 1. The number of para-hydroxylation sites is 1. The van der Waals surface area contributed by atoms with Gasteiger partial charge in [0.25, 0.3) is 5.91 Å². The van der Waals surface area contributed by atoms with Crippen molar-refractivity contribution in [2.45, 2.75) is 43.9 Å². The van der Waals surface area contributed by atoms with E-state index in [-0.39, 0.29) is 5.91 Å². The van der Waals surface area contributed by atoms with Crippen LogP contribution >= 0.6 is 0 Å². The lowest BCUT2D eigenvalue weighted by Gasteiger charge is -2.21. The number of hydrogen-bond donors (Lipinski definition) is 0. The summed E-state index contributed by atoms with van der Waals surface area (Å²) in [6, 6.07) is 14.9. The first-order chi connectivity index (χ1) is 15.4. The fraction of sp³-hybridized carbons (Fsp3) is 0.360. The quantitative estimate of drug-likeness (QED) is 0.561.